The van der Waals surface area contributed by atoms with Gasteiger partial charge in [0.25, 0.3) is 11.5 Å². The Morgan fingerprint density at radius 1 is 1.09 bits per heavy atom. The molecule has 4 N–H and O–H groups in total. The Morgan fingerprint density at radius 2 is 1.97 bits per heavy atom. The molecule has 0 aliphatic heterocycles. The molecular weight excluding hydrogens is 426 g/mol. The highest BCUT2D eigenvalue weighted by Gasteiger charge is 2.11. The number of anilines is 1. The summed E-state index contributed by atoms with van der Waals surface area (Å²) in [6, 6.07) is 14.1. The highest BCUT2D eigenvalue weighted by Crippen LogP contribution is 2.14. The van der Waals surface area contributed by atoms with Crippen molar-refractivity contribution >= 4 is 28.7 Å². The third-order valence-corrected chi connectivity index (χ3v) is 4.67. The van der Waals surface area contributed by atoms with Crippen molar-refractivity contribution in [2.24, 2.45) is 0 Å². The molecule has 11 heteroatoms. The zero-order valence-electron chi connectivity index (χ0n) is 17.5. The lowest BCUT2D eigenvalue weighted by Gasteiger charge is -2.09. The van der Waals surface area contributed by atoms with E-state index < -0.39 is 5.91 Å². The summed E-state index contributed by atoms with van der Waals surface area (Å²) in [6.45, 7) is 0.577. The number of nitrogens with zero attached hydrogens (tertiary/aromatic N) is 3. The van der Waals surface area contributed by atoms with Gasteiger partial charge < -0.3 is 15.0 Å². The molecule has 0 bridgehead atoms. The van der Waals surface area contributed by atoms with Gasteiger partial charge >= 0.3 is 0 Å². The molecule has 2 amide bonds. The van der Waals surface area contributed by atoms with Gasteiger partial charge in [-0.25, -0.2) is 10.1 Å². The first kappa shape index (κ1) is 21.7. The zero-order chi connectivity index (χ0) is 23.0. The van der Waals surface area contributed by atoms with E-state index in [0.29, 0.717) is 35.6 Å². The van der Waals surface area contributed by atoms with Gasteiger partial charge in [0.15, 0.2) is 5.82 Å². The quantitative estimate of drug-likeness (QED) is 0.285. The van der Waals surface area contributed by atoms with Crippen LogP contribution in [0.25, 0.3) is 10.9 Å². The van der Waals surface area contributed by atoms with Crippen LogP contribution in [-0.2, 0) is 11.3 Å². The van der Waals surface area contributed by atoms with E-state index in [1.165, 1.54) is 6.33 Å². The Kier molecular flexibility index (Phi) is 6.69. The van der Waals surface area contributed by atoms with E-state index in [-0.39, 0.29) is 30.3 Å². The number of nitrogens with one attached hydrogen (secondary N) is 4. The maximum Gasteiger partial charge on any atom is 0.287 e. The Bertz CT molecular complexity index is 1320. The van der Waals surface area contributed by atoms with Crippen LogP contribution in [0.3, 0.4) is 0 Å². The summed E-state index contributed by atoms with van der Waals surface area (Å²) in [5, 5.41) is 12.0. The van der Waals surface area contributed by atoms with Crippen molar-refractivity contribution in [2.45, 2.75) is 19.4 Å². The van der Waals surface area contributed by atoms with Crippen molar-refractivity contribution < 1.29 is 14.3 Å². The normalized spacial score (nSPS) is 10.7. The molecule has 168 valence electrons. The first-order valence-electron chi connectivity index (χ1n) is 10.2. The van der Waals surface area contributed by atoms with Gasteiger partial charge in [-0.05, 0) is 36.2 Å². The van der Waals surface area contributed by atoms with Crippen LogP contribution in [-0.4, -0.2) is 43.6 Å². The Morgan fingerprint density at radius 3 is 2.82 bits per heavy atom. The molecule has 0 fully saturated rings. The first-order valence-corrected chi connectivity index (χ1v) is 10.2. The molecule has 4 rings (SSSR count). The molecule has 0 radical (unpaired) electrons. The SMILES string of the molecule is O=C(CCCOc1cccc(CNC(=O)c2nc3ccccc3c(=O)[nH]2)c1)Nc1ncn[nH]1. The standard InChI is InChI=1S/C22H21N7O4/c30-18(27-22-24-13-25-29-22)9-4-10-33-15-6-3-5-14(11-15)12-23-21(32)19-26-17-8-2-1-7-16(17)20(31)28-19/h1-3,5-8,11,13H,4,9-10,12H2,(H,23,32)(H,26,28,31)(H2,24,25,27,29,30). The molecule has 0 unspecified atom stereocenters. The number of para-hydroxylation sites is 1. The topological polar surface area (TPSA) is 155 Å². The molecule has 0 aliphatic rings. The fourth-order valence-corrected chi connectivity index (χ4v) is 3.09. The molecule has 2 heterocycles. The summed E-state index contributed by atoms with van der Waals surface area (Å²) in [4.78, 5) is 47.0. The summed E-state index contributed by atoms with van der Waals surface area (Å²) in [5.74, 6) is 0.206. The predicted octanol–water partition coefficient (Wildman–Crippen LogP) is 1.77. The number of carbonyl (C=O) groups is 2. The minimum absolute atomic E-state index is 0.0466. The molecule has 0 saturated heterocycles. The number of amides is 2. The van der Waals surface area contributed by atoms with Crippen LogP contribution in [0.2, 0.25) is 0 Å². The average molecular weight is 447 g/mol. The number of ether oxygens (including phenoxy) is 1. The molecule has 0 aliphatic carbocycles. The van der Waals surface area contributed by atoms with Crippen molar-refractivity contribution in [3.05, 3.63) is 76.6 Å². The van der Waals surface area contributed by atoms with E-state index in [2.05, 4.69) is 35.8 Å². The summed E-state index contributed by atoms with van der Waals surface area (Å²) in [5.41, 5.74) is 0.902. The van der Waals surface area contributed by atoms with Crippen molar-refractivity contribution in [3.63, 3.8) is 0 Å². The minimum atomic E-state index is -0.484. The lowest BCUT2D eigenvalue weighted by atomic mass is 10.2. The largest absolute Gasteiger partial charge is 0.494 e. The van der Waals surface area contributed by atoms with Crippen molar-refractivity contribution in [3.8, 4) is 5.75 Å². The number of hydrogen-bond donors (Lipinski definition) is 4. The highest BCUT2D eigenvalue weighted by atomic mass is 16.5. The smallest absolute Gasteiger partial charge is 0.287 e. The number of aromatic nitrogens is 5. The van der Waals surface area contributed by atoms with E-state index in [4.69, 9.17) is 4.74 Å². The number of aromatic amines is 2. The maximum absolute atomic E-state index is 12.5. The zero-order valence-corrected chi connectivity index (χ0v) is 17.5. The van der Waals surface area contributed by atoms with E-state index in [1.807, 2.05) is 12.1 Å². The van der Waals surface area contributed by atoms with Gasteiger partial charge in [-0.3, -0.25) is 19.7 Å². The second-order valence-corrected chi connectivity index (χ2v) is 7.10. The molecule has 2 aromatic heterocycles. The van der Waals surface area contributed by atoms with E-state index >= 15 is 0 Å². The number of benzene rings is 2. The van der Waals surface area contributed by atoms with Crippen LogP contribution in [0.5, 0.6) is 5.75 Å². The molecular formula is C22H21N7O4. The monoisotopic (exact) mass is 447 g/mol. The molecule has 4 aromatic rings. The summed E-state index contributed by atoms with van der Waals surface area (Å²) < 4.78 is 5.70. The molecule has 33 heavy (non-hydrogen) atoms. The second kappa shape index (κ2) is 10.2. The van der Waals surface area contributed by atoms with Crippen molar-refractivity contribution in [2.75, 3.05) is 11.9 Å². The van der Waals surface area contributed by atoms with Gasteiger partial charge in [0, 0.05) is 13.0 Å². The molecule has 0 saturated carbocycles. The Hall–Kier alpha value is -4.54. The number of fused-ring (bicyclic) bond motifs is 1. The van der Waals surface area contributed by atoms with Crippen molar-refractivity contribution in [1.82, 2.24) is 30.5 Å². The third kappa shape index (κ3) is 5.79. The number of carbonyl (C=O) groups excluding carboxylic acids is 2. The fourth-order valence-electron chi connectivity index (χ4n) is 3.09. The van der Waals surface area contributed by atoms with E-state index in [9.17, 15) is 14.4 Å². The first-order chi connectivity index (χ1) is 16.1. The number of hydrogen-bond acceptors (Lipinski definition) is 7. The van der Waals surface area contributed by atoms with Crippen LogP contribution in [0.4, 0.5) is 5.95 Å². The van der Waals surface area contributed by atoms with Crippen LogP contribution < -0.4 is 20.9 Å². The molecule has 0 spiro atoms. The van der Waals surface area contributed by atoms with Crippen LogP contribution in [0.15, 0.2) is 59.7 Å². The summed E-state index contributed by atoms with van der Waals surface area (Å²) in [7, 11) is 0. The van der Waals surface area contributed by atoms with E-state index in [0.717, 1.165) is 5.56 Å². The molecule has 0 atom stereocenters. The Balaban J connectivity index is 1.26. The van der Waals surface area contributed by atoms with Crippen molar-refractivity contribution in [1.29, 1.82) is 0 Å². The molecule has 11 nitrogen and oxygen atoms in total. The van der Waals surface area contributed by atoms with Crippen LogP contribution in [0, 0.1) is 0 Å². The second-order valence-electron chi connectivity index (χ2n) is 7.10. The van der Waals surface area contributed by atoms with Crippen LogP contribution in [0.1, 0.15) is 29.0 Å². The number of H-pyrrole nitrogens is 2. The van der Waals surface area contributed by atoms with Gasteiger partial charge in [-0.1, -0.05) is 24.3 Å². The minimum Gasteiger partial charge on any atom is -0.494 e. The van der Waals surface area contributed by atoms with Gasteiger partial charge in [-0.15, -0.1) is 0 Å². The predicted molar refractivity (Wildman–Crippen MR) is 120 cm³/mol. The summed E-state index contributed by atoms with van der Waals surface area (Å²) >= 11 is 0. The van der Waals surface area contributed by atoms with Crippen LogP contribution >= 0.6 is 0 Å². The summed E-state index contributed by atoms with van der Waals surface area (Å²) in [6.07, 6.45) is 2.10. The highest BCUT2D eigenvalue weighted by molar-refractivity contribution is 5.92. The fraction of sp³-hybridized carbons (Fsp3) is 0.182. The molecule has 2 aromatic carbocycles. The van der Waals surface area contributed by atoms with Gasteiger partial charge in [0.05, 0.1) is 17.5 Å². The van der Waals surface area contributed by atoms with E-state index in [1.54, 1.807) is 36.4 Å². The number of rotatable bonds is 9. The lowest BCUT2D eigenvalue weighted by molar-refractivity contribution is -0.116. The van der Waals surface area contributed by atoms with Gasteiger partial charge in [0.1, 0.15) is 12.1 Å². The Labute approximate surface area is 187 Å². The third-order valence-electron chi connectivity index (χ3n) is 4.67. The average Bonchev–Trinajstić information content (AvgIpc) is 3.33. The van der Waals surface area contributed by atoms with Gasteiger partial charge in [-0.2, -0.15) is 10.1 Å². The van der Waals surface area contributed by atoms with Gasteiger partial charge in [0.2, 0.25) is 11.9 Å². The lowest BCUT2D eigenvalue weighted by Crippen LogP contribution is -2.27. The maximum atomic E-state index is 12.5.